The second-order valence-corrected chi connectivity index (χ2v) is 6.16. The molecule has 1 aliphatic rings. The van der Waals surface area contributed by atoms with E-state index in [1.54, 1.807) is 0 Å². The van der Waals surface area contributed by atoms with Crippen LogP contribution in [0.1, 0.15) is 13.8 Å². The van der Waals surface area contributed by atoms with Gasteiger partial charge in [0.05, 0.1) is 18.0 Å². The molecule has 0 aromatic rings. The summed E-state index contributed by atoms with van der Waals surface area (Å²) >= 11 is 5.75. The zero-order valence-electron chi connectivity index (χ0n) is 8.78. The van der Waals surface area contributed by atoms with E-state index in [9.17, 15) is 10.2 Å². The number of thioether (sulfide) groups is 1. The number of rotatable bonds is 3. The molecule has 0 bridgehead atoms. The molecule has 90 valence electrons. The summed E-state index contributed by atoms with van der Waals surface area (Å²) in [6, 6.07) is 0. The van der Waals surface area contributed by atoms with E-state index in [1.165, 1.54) is 11.8 Å². The van der Waals surface area contributed by atoms with Gasteiger partial charge in [-0.1, -0.05) is 13.8 Å². The highest BCUT2D eigenvalue weighted by Gasteiger charge is 2.42. The number of hydrogen-bond donors (Lipinski definition) is 4. The average Bonchev–Trinajstić information content (AvgIpc) is 2.18. The zero-order chi connectivity index (χ0) is 11.6. The Morgan fingerprint density at radius 1 is 1.33 bits per heavy atom. The molecule has 0 spiro atoms. The van der Waals surface area contributed by atoms with Crippen molar-refractivity contribution in [3.63, 3.8) is 0 Å². The average molecular weight is 254 g/mol. The summed E-state index contributed by atoms with van der Waals surface area (Å²) in [6.45, 7) is 3.73. The molecule has 6 heteroatoms. The predicted molar refractivity (Wildman–Crippen MR) is 63.3 cm³/mol. The van der Waals surface area contributed by atoms with E-state index < -0.39 is 23.6 Å². The molecule has 0 amide bonds. The first-order chi connectivity index (χ1) is 6.97. The molecule has 1 saturated heterocycles. The van der Waals surface area contributed by atoms with Crippen LogP contribution >= 0.6 is 24.4 Å². The van der Waals surface area contributed by atoms with Crippen molar-refractivity contribution in [2.45, 2.75) is 48.1 Å². The molecule has 3 N–H and O–H groups in total. The molecule has 5 atom stereocenters. The quantitative estimate of drug-likeness (QED) is 0.528. The lowest BCUT2D eigenvalue weighted by Crippen LogP contribution is -2.55. The molecule has 0 saturated carbocycles. The molecule has 15 heavy (non-hydrogen) atoms. The molecule has 1 rings (SSSR count). The largest absolute Gasteiger partial charge is 0.394 e. The highest BCUT2D eigenvalue weighted by atomic mass is 32.2. The molecule has 0 radical (unpaired) electrons. The molecule has 1 unspecified atom stereocenters. The van der Waals surface area contributed by atoms with Crippen molar-refractivity contribution in [2.75, 3.05) is 6.61 Å². The lowest BCUT2D eigenvalue weighted by Gasteiger charge is -2.40. The molecule has 0 aliphatic carbocycles. The first-order valence-corrected chi connectivity index (χ1v) is 6.39. The van der Waals surface area contributed by atoms with Crippen molar-refractivity contribution >= 4 is 24.4 Å². The zero-order valence-corrected chi connectivity index (χ0v) is 10.5. The van der Waals surface area contributed by atoms with E-state index in [0.29, 0.717) is 5.25 Å². The second kappa shape index (κ2) is 5.75. The number of ether oxygens (including phenoxy) is 1. The summed E-state index contributed by atoms with van der Waals surface area (Å²) < 4.78 is 5.47. The van der Waals surface area contributed by atoms with E-state index in [0.717, 1.165) is 0 Å². The molecule has 1 heterocycles. The maximum Gasteiger partial charge on any atom is 0.118 e. The fourth-order valence-corrected chi connectivity index (χ4v) is 2.97. The van der Waals surface area contributed by atoms with Crippen LogP contribution in [0.4, 0.5) is 0 Å². The smallest absolute Gasteiger partial charge is 0.118 e. The predicted octanol–water partition coefficient (Wildman–Crippen LogP) is -0.135. The van der Waals surface area contributed by atoms with Crippen molar-refractivity contribution in [2.24, 2.45) is 0 Å². The summed E-state index contributed by atoms with van der Waals surface area (Å²) in [5, 5.41) is 28.2. The van der Waals surface area contributed by atoms with Crippen LogP contribution in [0.25, 0.3) is 0 Å². The van der Waals surface area contributed by atoms with Crippen LogP contribution < -0.4 is 0 Å². The topological polar surface area (TPSA) is 69.9 Å². The van der Waals surface area contributed by atoms with Gasteiger partial charge in [-0.25, -0.2) is 0 Å². The van der Waals surface area contributed by atoms with Gasteiger partial charge in [0.2, 0.25) is 0 Å². The Bertz CT molecular complexity index is 201. The number of aliphatic hydroxyl groups is 3. The Hall–Kier alpha value is 0.540. The minimum absolute atomic E-state index is 0.298. The molecule has 4 nitrogen and oxygen atoms in total. The minimum Gasteiger partial charge on any atom is -0.394 e. The van der Waals surface area contributed by atoms with Gasteiger partial charge in [-0.15, -0.1) is 11.8 Å². The summed E-state index contributed by atoms with van der Waals surface area (Å²) in [5.41, 5.74) is -0.302. The van der Waals surface area contributed by atoms with E-state index in [2.05, 4.69) is 12.6 Å². The fourth-order valence-electron chi connectivity index (χ4n) is 1.45. The van der Waals surface area contributed by atoms with E-state index in [1.807, 2.05) is 13.8 Å². The van der Waals surface area contributed by atoms with Crippen LogP contribution in [-0.4, -0.2) is 56.2 Å². The Morgan fingerprint density at radius 3 is 2.40 bits per heavy atom. The van der Waals surface area contributed by atoms with Gasteiger partial charge in [0.15, 0.2) is 0 Å². The van der Waals surface area contributed by atoms with Crippen molar-refractivity contribution < 1.29 is 20.1 Å². The van der Waals surface area contributed by atoms with Gasteiger partial charge < -0.3 is 20.1 Å². The molecule has 1 aliphatic heterocycles. The third kappa shape index (κ3) is 3.25. The van der Waals surface area contributed by atoms with Crippen LogP contribution in [0.3, 0.4) is 0 Å². The van der Waals surface area contributed by atoms with Gasteiger partial charge in [-0.2, -0.15) is 12.6 Å². The van der Waals surface area contributed by atoms with Gasteiger partial charge in [-0.05, 0) is 0 Å². The van der Waals surface area contributed by atoms with Crippen molar-refractivity contribution in [3.05, 3.63) is 0 Å². The first-order valence-electron chi connectivity index (χ1n) is 4.93. The molecule has 1 fully saturated rings. The lowest BCUT2D eigenvalue weighted by atomic mass is 10.0. The Balaban J connectivity index is 2.65. The van der Waals surface area contributed by atoms with Crippen molar-refractivity contribution in [1.82, 2.24) is 0 Å². The normalized spacial score (nSPS) is 42.2. The highest BCUT2D eigenvalue weighted by Crippen LogP contribution is 2.33. The fraction of sp³-hybridized carbons (Fsp3) is 1.00. The van der Waals surface area contributed by atoms with E-state index >= 15 is 0 Å². The van der Waals surface area contributed by atoms with Gasteiger partial charge in [-0.3, -0.25) is 0 Å². The van der Waals surface area contributed by atoms with Gasteiger partial charge in [0.1, 0.15) is 17.6 Å². The SMILES string of the molecule is CC(C)SC1O[C@H](CO)[C@H](O)[C@H](O)[C@H]1S. The highest BCUT2D eigenvalue weighted by molar-refractivity contribution is 8.01. The van der Waals surface area contributed by atoms with Crippen LogP contribution in [0.5, 0.6) is 0 Å². The minimum atomic E-state index is -1.07. The Kier molecular flexibility index (Phi) is 5.21. The van der Waals surface area contributed by atoms with Crippen LogP contribution in [0.15, 0.2) is 0 Å². The maximum atomic E-state index is 9.70. The number of hydrogen-bond acceptors (Lipinski definition) is 6. The van der Waals surface area contributed by atoms with Crippen LogP contribution in [-0.2, 0) is 4.74 Å². The molecular formula is C9H18O4S2. The van der Waals surface area contributed by atoms with E-state index in [4.69, 9.17) is 9.84 Å². The van der Waals surface area contributed by atoms with Crippen LogP contribution in [0.2, 0.25) is 0 Å². The van der Waals surface area contributed by atoms with Crippen molar-refractivity contribution in [3.8, 4) is 0 Å². The molecular weight excluding hydrogens is 236 g/mol. The van der Waals surface area contributed by atoms with Gasteiger partial charge in [0, 0.05) is 5.25 Å². The number of thiol groups is 1. The second-order valence-electron chi connectivity index (χ2n) is 3.88. The maximum absolute atomic E-state index is 9.70. The van der Waals surface area contributed by atoms with E-state index in [-0.39, 0.29) is 12.0 Å². The summed E-state index contributed by atoms with van der Waals surface area (Å²) in [6.07, 6.45) is -2.75. The lowest BCUT2D eigenvalue weighted by molar-refractivity contribution is -0.153. The van der Waals surface area contributed by atoms with Gasteiger partial charge >= 0.3 is 0 Å². The summed E-state index contributed by atoms with van der Waals surface area (Å²) in [5.74, 6) is 0. The third-order valence-electron chi connectivity index (χ3n) is 2.25. The summed E-state index contributed by atoms with van der Waals surface area (Å²) in [7, 11) is 0. The third-order valence-corrected chi connectivity index (χ3v) is 4.25. The molecule has 0 aromatic heterocycles. The van der Waals surface area contributed by atoms with Crippen LogP contribution in [0, 0.1) is 0 Å². The first kappa shape index (κ1) is 13.6. The van der Waals surface area contributed by atoms with Gasteiger partial charge in [0.25, 0.3) is 0 Å². The van der Waals surface area contributed by atoms with Crippen molar-refractivity contribution in [1.29, 1.82) is 0 Å². The number of aliphatic hydroxyl groups excluding tert-OH is 3. The Morgan fingerprint density at radius 2 is 1.93 bits per heavy atom. The Labute approximate surface area is 99.4 Å². The summed E-state index contributed by atoms with van der Waals surface area (Å²) in [4.78, 5) is 0. The standard InChI is InChI=1S/C9H18O4S2/c1-4(2)15-9-8(14)7(12)6(11)5(3-10)13-9/h4-12,14H,3H2,1-2H3/t5-,6+,7+,8-,9?/m1/s1. The monoisotopic (exact) mass is 254 g/mol. The molecule has 0 aromatic carbocycles.